The molecule has 0 saturated carbocycles. The normalized spacial score (nSPS) is 13.6. The zero-order chi connectivity index (χ0) is 11.1. The highest BCUT2D eigenvalue weighted by Gasteiger charge is 2.12. The fourth-order valence-corrected chi connectivity index (χ4v) is 1.38. The van der Waals surface area contributed by atoms with Gasteiger partial charge in [0.15, 0.2) is 0 Å². The summed E-state index contributed by atoms with van der Waals surface area (Å²) >= 11 is 0. The molecule has 0 spiro atoms. The van der Waals surface area contributed by atoms with E-state index in [0.29, 0.717) is 0 Å². The summed E-state index contributed by atoms with van der Waals surface area (Å²) in [6.45, 7) is 7.37. The second-order valence-electron chi connectivity index (χ2n) is 4.46. The van der Waals surface area contributed by atoms with Crippen molar-refractivity contribution in [1.29, 1.82) is 0 Å². The maximum Gasteiger partial charge on any atom is 0.304 e. The third-order valence-corrected chi connectivity index (χ3v) is 2.51. The largest absolute Gasteiger partial charge is 0.481 e. The minimum absolute atomic E-state index is 0.139. The van der Waals surface area contributed by atoms with Crippen molar-refractivity contribution in [3.05, 3.63) is 0 Å². The molecule has 0 aliphatic heterocycles. The predicted molar refractivity (Wildman–Crippen MR) is 58.4 cm³/mol. The number of carboxylic acid groups (broad SMARTS) is 1. The van der Waals surface area contributed by atoms with Crippen LogP contribution >= 0.6 is 0 Å². The predicted octanol–water partition coefficient (Wildman–Crippen LogP) is 2.22. The SMILES string of the molecule is CC(C)CCCN(C)C(C)CC(=O)O. The summed E-state index contributed by atoms with van der Waals surface area (Å²) in [5.74, 6) is 0.0198. The quantitative estimate of drug-likeness (QED) is 0.686. The first kappa shape index (κ1) is 13.4. The summed E-state index contributed by atoms with van der Waals surface area (Å²) in [7, 11) is 1.99. The van der Waals surface area contributed by atoms with Crippen LogP contribution in [0.1, 0.15) is 40.0 Å². The van der Waals surface area contributed by atoms with Crippen molar-refractivity contribution in [3.63, 3.8) is 0 Å². The van der Waals surface area contributed by atoms with Crippen LogP contribution in [0.2, 0.25) is 0 Å². The van der Waals surface area contributed by atoms with Gasteiger partial charge >= 0.3 is 5.97 Å². The molecular weight excluding hydrogens is 178 g/mol. The van der Waals surface area contributed by atoms with E-state index in [0.717, 1.165) is 18.9 Å². The maximum atomic E-state index is 10.5. The molecule has 1 atom stereocenters. The third kappa shape index (κ3) is 6.89. The molecule has 3 nitrogen and oxygen atoms in total. The molecule has 0 radical (unpaired) electrons. The van der Waals surface area contributed by atoms with Gasteiger partial charge in [0.2, 0.25) is 0 Å². The fraction of sp³-hybridized carbons (Fsp3) is 0.909. The second kappa shape index (κ2) is 6.82. The average molecular weight is 201 g/mol. The van der Waals surface area contributed by atoms with Crippen LogP contribution in [-0.4, -0.2) is 35.6 Å². The summed E-state index contributed by atoms with van der Waals surface area (Å²) in [5.41, 5.74) is 0. The van der Waals surface area contributed by atoms with Crippen molar-refractivity contribution < 1.29 is 9.90 Å². The van der Waals surface area contributed by atoms with Gasteiger partial charge in [0.25, 0.3) is 0 Å². The molecule has 14 heavy (non-hydrogen) atoms. The van der Waals surface area contributed by atoms with Gasteiger partial charge in [0, 0.05) is 6.04 Å². The summed E-state index contributed by atoms with van der Waals surface area (Å²) < 4.78 is 0. The summed E-state index contributed by atoms with van der Waals surface area (Å²) in [5, 5.41) is 8.62. The standard InChI is InChI=1S/C11H23NO2/c1-9(2)6-5-7-12(4)10(3)8-11(13)14/h9-10H,5-8H2,1-4H3,(H,13,14). The minimum Gasteiger partial charge on any atom is -0.481 e. The lowest BCUT2D eigenvalue weighted by atomic mass is 10.1. The molecule has 1 unspecified atom stereocenters. The lowest BCUT2D eigenvalue weighted by Crippen LogP contribution is -2.32. The van der Waals surface area contributed by atoms with Crippen LogP contribution in [0.15, 0.2) is 0 Å². The van der Waals surface area contributed by atoms with Gasteiger partial charge in [0.1, 0.15) is 0 Å². The summed E-state index contributed by atoms with van der Waals surface area (Å²) in [4.78, 5) is 12.6. The Balaban J connectivity index is 3.61. The Hall–Kier alpha value is -0.570. The second-order valence-corrected chi connectivity index (χ2v) is 4.46. The van der Waals surface area contributed by atoms with Gasteiger partial charge in [-0.25, -0.2) is 0 Å². The Kier molecular flexibility index (Phi) is 6.54. The van der Waals surface area contributed by atoms with Crippen molar-refractivity contribution in [3.8, 4) is 0 Å². The lowest BCUT2D eigenvalue weighted by Gasteiger charge is -2.23. The van der Waals surface area contributed by atoms with Crippen LogP contribution in [0, 0.1) is 5.92 Å². The van der Waals surface area contributed by atoms with E-state index in [2.05, 4.69) is 18.7 Å². The highest BCUT2D eigenvalue weighted by molar-refractivity contribution is 5.67. The van der Waals surface area contributed by atoms with Crippen LogP contribution in [0.4, 0.5) is 0 Å². The van der Waals surface area contributed by atoms with E-state index in [4.69, 9.17) is 5.11 Å². The Labute approximate surface area is 87.1 Å². The number of carboxylic acids is 1. The van der Waals surface area contributed by atoms with E-state index in [-0.39, 0.29) is 12.5 Å². The molecule has 0 aromatic heterocycles. The molecule has 0 bridgehead atoms. The molecule has 0 aromatic rings. The first-order valence-corrected chi connectivity index (χ1v) is 5.35. The fourth-order valence-electron chi connectivity index (χ4n) is 1.38. The first-order valence-electron chi connectivity index (χ1n) is 5.35. The van der Waals surface area contributed by atoms with Crippen molar-refractivity contribution in [2.24, 2.45) is 5.92 Å². The molecule has 0 amide bonds. The number of aliphatic carboxylic acids is 1. The topological polar surface area (TPSA) is 40.5 Å². The molecule has 0 aliphatic carbocycles. The van der Waals surface area contributed by atoms with Gasteiger partial charge in [-0.2, -0.15) is 0 Å². The molecule has 0 fully saturated rings. The highest BCUT2D eigenvalue weighted by atomic mass is 16.4. The van der Waals surface area contributed by atoms with Crippen LogP contribution in [0.5, 0.6) is 0 Å². The third-order valence-electron chi connectivity index (χ3n) is 2.51. The van der Waals surface area contributed by atoms with Crippen LogP contribution in [0.3, 0.4) is 0 Å². The smallest absolute Gasteiger partial charge is 0.304 e. The molecule has 0 rings (SSSR count). The molecule has 0 heterocycles. The molecule has 0 saturated heterocycles. The van der Waals surface area contributed by atoms with Crippen molar-refractivity contribution in [1.82, 2.24) is 4.90 Å². The molecule has 3 heteroatoms. The van der Waals surface area contributed by atoms with E-state index in [1.807, 2.05) is 14.0 Å². The van der Waals surface area contributed by atoms with Crippen molar-refractivity contribution in [2.75, 3.05) is 13.6 Å². The van der Waals surface area contributed by atoms with Gasteiger partial charge < -0.3 is 10.0 Å². The van der Waals surface area contributed by atoms with Crippen molar-refractivity contribution in [2.45, 2.75) is 46.1 Å². The average Bonchev–Trinajstić information content (AvgIpc) is 2.01. The minimum atomic E-state index is -0.715. The Morgan fingerprint density at radius 2 is 1.93 bits per heavy atom. The molecule has 1 N–H and O–H groups in total. The van der Waals surface area contributed by atoms with Crippen molar-refractivity contribution >= 4 is 5.97 Å². The lowest BCUT2D eigenvalue weighted by molar-refractivity contribution is -0.138. The van der Waals surface area contributed by atoms with E-state index in [1.165, 1.54) is 6.42 Å². The number of hydrogen-bond acceptors (Lipinski definition) is 2. The van der Waals surface area contributed by atoms with E-state index in [9.17, 15) is 4.79 Å². The highest BCUT2D eigenvalue weighted by Crippen LogP contribution is 2.07. The van der Waals surface area contributed by atoms with Crippen LogP contribution in [0.25, 0.3) is 0 Å². The number of nitrogens with zero attached hydrogens (tertiary/aromatic N) is 1. The van der Waals surface area contributed by atoms with Gasteiger partial charge in [-0.1, -0.05) is 13.8 Å². The molecule has 0 aliphatic rings. The molecule has 0 aromatic carbocycles. The Morgan fingerprint density at radius 1 is 1.36 bits per heavy atom. The summed E-state index contributed by atoms with van der Waals surface area (Å²) in [6.07, 6.45) is 2.60. The van der Waals surface area contributed by atoms with Crippen LogP contribution in [-0.2, 0) is 4.79 Å². The van der Waals surface area contributed by atoms with Gasteiger partial charge in [-0.05, 0) is 39.3 Å². The van der Waals surface area contributed by atoms with E-state index in [1.54, 1.807) is 0 Å². The van der Waals surface area contributed by atoms with Gasteiger partial charge in [-0.3, -0.25) is 4.79 Å². The Bertz CT molecular complexity index is 169. The zero-order valence-electron chi connectivity index (χ0n) is 9.79. The summed E-state index contributed by atoms with van der Waals surface area (Å²) in [6, 6.07) is 0.139. The number of hydrogen-bond donors (Lipinski definition) is 1. The van der Waals surface area contributed by atoms with Crippen LogP contribution < -0.4 is 0 Å². The first-order chi connectivity index (χ1) is 6.43. The van der Waals surface area contributed by atoms with E-state index < -0.39 is 5.97 Å². The monoisotopic (exact) mass is 201 g/mol. The molecular formula is C11H23NO2. The maximum absolute atomic E-state index is 10.5. The Morgan fingerprint density at radius 3 is 2.36 bits per heavy atom. The molecule has 84 valence electrons. The van der Waals surface area contributed by atoms with Gasteiger partial charge in [0.05, 0.1) is 6.42 Å². The number of carbonyl (C=O) groups is 1. The van der Waals surface area contributed by atoms with Gasteiger partial charge in [-0.15, -0.1) is 0 Å². The number of rotatable bonds is 7. The zero-order valence-corrected chi connectivity index (χ0v) is 9.79. The van der Waals surface area contributed by atoms with E-state index >= 15 is 0 Å².